The normalized spacial score (nSPS) is 22.8. The summed E-state index contributed by atoms with van der Waals surface area (Å²) >= 11 is 0. The van der Waals surface area contributed by atoms with E-state index in [4.69, 9.17) is 5.84 Å². The van der Waals surface area contributed by atoms with Crippen molar-refractivity contribution in [3.05, 3.63) is 24.0 Å². The maximum absolute atomic E-state index is 5.43. The van der Waals surface area contributed by atoms with Crippen LogP contribution in [0.25, 0.3) is 11.0 Å². The largest absolute Gasteiger partial charge is 0.381 e. The van der Waals surface area contributed by atoms with E-state index in [2.05, 4.69) is 25.7 Å². The van der Waals surface area contributed by atoms with Crippen LogP contribution in [0.4, 0.5) is 5.69 Å². The molecule has 0 amide bonds. The van der Waals surface area contributed by atoms with Gasteiger partial charge in [0.2, 0.25) is 0 Å². The number of hydrogen-bond acceptors (Lipinski definition) is 5. The Morgan fingerprint density at radius 2 is 2.25 bits per heavy atom. The van der Waals surface area contributed by atoms with Gasteiger partial charge in [0.25, 0.3) is 0 Å². The first-order valence-electron chi connectivity index (χ1n) is 6.87. The van der Waals surface area contributed by atoms with Crippen LogP contribution in [0.5, 0.6) is 0 Å². The fraction of sp³-hybridized carbons (Fsp3) is 0.429. The first kappa shape index (κ1) is 12.9. The number of H-pyrrole nitrogens is 1. The minimum atomic E-state index is 0.484. The van der Waals surface area contributed by atoms with Crippen LogP contribution in [0.3, 0.4) is 0 Å². The van der Waals surface area contributed by atoms with Gasteiger partial charge in [-0.05, 0) is 32.9 Å². The quantitative estimate of drug-likeness (QED) is 0.385. The van der Waals surface area contributed by atoms with E-state index in [9.17, 15) is 0 Å². The third-order valence-electron chi connectivity index (χ3n) is 4.06. The maximum atomic E-state index is 5.43. The Bertz CT molecular complexity index is 638. The fourth-order valence-electron chi connectivity index (χ4n) is 2.68. The van der Waals surface area contributed by atoms with E-state index in [0.717, 1.165) is 40.8 Å². The van der Waals surface area contributed by atoms with Crippen LogP contribution in [0.1, 0.15) is 25.3 Å². The number of nitrogens with one attached hydrogen (secondary N) is 3. The van der Waals surface area contributed by atoms with Gasteiger partial charge in [-0.25, -0.2) is 4.98 Å². The second-order valence-corrected chi connectivity index (χ2v) is 5.30. The molecule has 0 atom stereocenters. The standard InChI is InChI=1S/C14H20N6/c1-8(20-15)12-7-18-14-11(3-4-17-14)13(12)19-10-5-9(6-10)16-2/h3-4,7,9-10,16H,5-6,15H2,1-2H3,(H2,17,18,19)/b20-8+/t9-,10+. The molecule has 2 aromatic heterocycles. The van der Waals surface area contributed by atoms with Crippen LogP contribution in [0.2, 0.25) is 0 Å². The van der Waals surface area contributed by atoms with Crippen LogP contribution in [0, 0.1) is 0 Å². The van der Waals surface area contributed by atoms with Gasteiger partial charge in [0, 0.05) is 35.4 Å². The Morgan fingerprint density at radius 3 is 2.95 bits per heavy atom. The van der Waals surface area contributed by atoms with Crippen molar-refractivity contribution in [1.82, 2.24) is 15.3 Å². The number of nitrogens with zero attached hydrogens (tertiary/aromatic N) is 2. The molecule has 6 nitrogen and oxygen atoms in total. The summed E-state index contributed by atoms with van der Waals surface area (Å²) in [5.74, 6) is 5.43. The van der Waals surface area contributed by atoms with Gasteiger partial charge in [0.15, 0.2) is 0 Å². The number of pyridine rings is 1. The number of rotatable bonds is 4. The predicted octanol–water partition coefficient (Wildman–Crippen LogP) is 1.41. The summed E-state index contributed by atoms with van der Waals surface area (Å²) in [7, 11) is 2.01. The number of fused-ring (bicyclic) bond motifs is 1. The Balaban J connectivity index is 1.95. The number of nitrogens with two attached hydrogens (primary N) is 1. The zero-order valence-electron chi connectivity index (χ0n) is 11.8. The molecule has 1 aliphatic carbocycles. The van der Waals surface area contributed by atoms with Crippen LogP contribution in [0.15, 0.2) is 23.6 Å². The van der Waals surface area contributed by atoms with Crippen LogP contribution >= 0.6 is 0 Å². The highest BCUT2D eigenvalue weighted by Gasteiger charge is 2.28. The SMILES string of the molecule is CN[C@H]1C[C@@H](Nc2c(/C(C)=N/N)cnc3[nH]ccc23)C1. The van der Waals surface area contributed by atoms with Crippen molar-refractivity contribution < 1.29 is 0 Å². The average Bonchev–Trinajstić information content (AvgIpc) is 2.89. The van der Waals surface area contributed by atoms with Crippen molar-refractivity contribution in [2.24, 2.45) is 10.9 Å². The summed E-state index contributed by atoms with van der Waals surface area (Å²) in [4.78, 5) is 7.55. The van der Waals surface area contributed by atoms with E-state index in [-0.39, 0.29) is 0 Å². The van der Waals surface area contributed by atoms with E-state index in [1.165, 1.54) is 0 Å². The predicted molar refractivity (Wildman–Crippen MR) is 82.0 cm³/mol. The summed E-state index contributed by atoms with van der Waals surface area (Å²) in [6, 6.07) is 3.13. The molecule has 1 aliphatic rings. The third-order valence-corrected chi connectivity index (χ3v) is 4.06. The molecule has 0 saturated heterocycles. The van der Waals surface area contributed by atoms with Crippen molar-refractivity contribution in [3.63, 3.8) is 0 Å². The monoisotopic (exact) mass is 272 g/mol. The van der Waals surface area contributed by atoms with Gasteiger partial charge in [0.1, 0.15) is 5.65 Å². The minimum absolute atomic E-state index is 0.484. The lowest BCUT2D eigenvalue weighted by molar-refractivity contribution is 0.326. The van der Waals surface area contributed by atoms with Crippen LogP contribution in [-0.4, -0.2) is 34.8 Å². The van der Waals surface area contributed by atoms with Gasteiger partial charge in [-0.15, -0.1) is 0 Å². The summed E-state index contributed by atoms with van der Waals surface area (Å²) < 4.78 is 0. The summed E-state index contributed by atoms with van der Waals surface area (Å²) in [5, 5.41) is 11.8. The Kier molecular flexibility index (Phi) is 3.31. The van der Waals surface area contributed by atoms with Crippen LogP contribution < -0.4 is 16.5 Å². The van der Waals surface area contributed by atoms with Gasteiger partial charge >= 0.3 is 0 Å². The minimum Gasteiger partial charge on any atom is -0.381 e. The lowest BCUT2D eigenvalue weighted by Gasteiger charge is -2.36. The molecule has 0 bridgehead atoms. The molecule has 3 rings (SSSR count). The number of aromatic amines is 1. The topological polar surface area (TPSA) is 91.1 Å². The van der Waals surface area contributed by atoms with E-state index in [1.54, 1.807) is 0 Å². The molecule has 6 heteroatoms. The lowest BCUT2D eigenvalue weighted by Crippen LogP contribution is -2.46. The molecule has 2 heterocycles. The van der Waals surface area contributed by atoms with Crippen molar-refractivity contribution in [2.45, 2.75) is 31.8 Å². The summed E-state index contributed by atoms with van der Waals surface area (Å²) in [6.07, 6.45) is 5.98. The highest BCUT2D eigenvalue weighted by molar-refractivity contribution is 6.09. The molecule has 5 N–H and O–H groups in total. The highest BCUT2D eigenvalue weighted by atomic mass is 15.1. The molecule has 1 fully saturated rings. The Morgan fingerprint density at radius 1 is 1.45 bits per heavy atom. The smallest absolute Gasteiger partial charge is 0.139 e. The molecule has 1 saturated carbocycles. The third kappa shape index (κ3) is 2.12. The van der Waals surface area contributed by atoms with Crippen molar-refractivity contribution in [1.29, 1.82) is 0 Å². The van der Waals surface area contributed by atoms with Crippen molar-refractivity contribution in [3.8, 4) is 0 Å². The summed E-state index contributed by atoms with van der Waals surface area (Å²) in [6.45, 7) is 1.90. The van der Waals surface area contributed by atoms with E-state index in [0.29, 0.717) is 12.1 Å². The van der Waals surface area contributed by atoms with Gasteiger partial charge in [-0.3, -0.25) is 0 Å². The molecular formula is C14H20N6. The zero-order valence-corrected chi connectivity index (χ0v) is 11.8. The van der Waals surface area contributed by atoms with Gasteiger partial charge < -0.3 is 21.5 Å². The second kappa shape index (κ2) is 5.13. The number of anilines is 1. The number of hydrogen-bond donors (Lipinski definition) is 4. The lowest BCUT2D eigenvalue weighted by atomic mass is 9.86. The Labute approximate surface area is 117 Å². The highest BCUT2D eigenvalue weighted by Crippen LogP contribution is 2.31. The number of aromatic nitrogens is 2. The van der Waals surface area contributed by atoms with Crippen molar-refractivity contribution in [2.75, 3.05) is 12.4 Å². The first-order chi connectivity index (χ1) is 9.72. The van der Waals surface area contributed by atoms with Crippen molar-refractivity contribution >= 4 is 22.4 Å². The molecule has 20 heavy (non-hydrogen) atoms. The van der Waals surface area contributed by atoms with E-state index >= 15 is 0 Å². The van der Waals surface area contributed by atoms with Gasteiger partial charge in [0.05, 0.1) is 11.4 Å². The molecule has 0 spiro atoms. The molecular weight excluding hydrogens is 252 g/mol. The molecule has 0 aromatic carbocycles. The average molecular weight is 272 g/mol. The summed E-state index contributed by atoms with van der Waals surface area (Å²) in [5.41, 5.74) is 3.70. The van der Waals surface area contributed by atoms with E-state index < -0.39 is 0 Å². The first-order valence-corrected chi connectivity index (χ1v) is 6.87. The number of hydrazone groups is 1. The molecule has 0 unspecified atom stereocenters. The van der Waals surface area contributed by atoms with Crippen LogP contribution in [-0.2, 0) is 0 Å². The molecule has 0 radical (unpaired) electrons. The van der Waals surface area contributed by atoms with Gasteiger partial charge in [-0.2, -0.15) is 5.10 Å². The van der Waals surface area contributed by atoms with Gasteiger partial charge in [-0.1, -0.05) is 0 Å². The molecule has 106 valence electrons. The zero-order chi connectivity index (χ0) is 14.1. The second-order valence-electron chi connectivity index (χ2n) is 5.30. The maximum Gasteiger partial charge on any atom is 0.139 e. The van der Waals surface area contributed by atoms with E-state index in [1.807, 2.05) is 32.4 Å². The fourth-order valence-corrected chi connectivity index (χ4v) is 2.68. The molecule has 2 aromatic rings. The Hall–Kier alpha value is -2.08. The molecule has 0 aliphatic heterocycles.